The number of hydrogen-bond acceptors (Lipinski definition) is 4. The number of amides is 1. The smallest absolute Gasteiger partial charge is 0.231 e. The molecule has 0 radical (unpaired) electrons. The first-order chi connectivity index (χ1) is 11.8. The standard InChI is InChI=1S/C19H20N2O3/c22-19(9-7-14-6-8-17-18(12-14)24-13-23-17)21-11-3-5-16(21)15-4-1-2-10-20-15/h1-2,4,6,8,10,12,16H,3,5,7,9,11,13H2/t16-/m1/s1. The quantitative estimate of drug-likeness (QED) is 0.867. The summed E-state index contributed by atoms with van der Waals surface area (Å²) in [6.45, 7) is 1.10. The average Bonchev–Trinajstić information content (AvgIpc) is 3.29. The van der Waals surface area contributed by atoms with Crippen LogP contribution < -0.4 is 9.47 Å². The number of ether oxygens (including phenoxy) is 2. The fourth-order valence-electron chi connectivity index (χ4n) is 3.44. The molecule has 1 aromatic heterocycles. The Balaban J connectivity index is 1.40. The van der Waals surface area contributed by atoms with Crippen LogP contribution >= 0.6 is 0 Å². The minimum absolute atomic E-state index is 0.121. The highest BCUT2D eigenvalue weighted by atomic mass is 16.7. The first kappa shape index (κ1) is 15.0. The number of fused-ring (bicyclic) bond motifs is 1. The molecule has 5 nitrogen and oxygen atoms in total. The van der Waals surface area contributed by atoms with Gasteiger partial charge in [0.2, 0.25) is 12.7 Å². The lowest BCUT2D eigenvalue weighted by Gasteiger charge is -2.24. The van der Waals surface area contributed by atoms with Crippen LogP contribution in [-0.2, 0) is 11.2 Å². The second kappa shape index (κ2) is 6.51. The highest BCUT2D eigenvalue weighted by molar-refractivity contribution is 5.77. The highest BCUT2D eigenvalue weighted by Gasteiger charge is 2.30. The van der Waals surface area contributed by atoms with E-state index in [0.717, 1.165) is 42.1 Å². The molecule has 1 atom stereocenters. The van der Waals surface area contributed by atoms with Crippen LogP contribution in [0.25, 0.3) is 0 Å². The van der Waals surface area contributed by atoms with Gasteiger partial charge in [0.15, 0.2) is 11.5 Å². The summed E-state index contributed by atoms with van der Waals surface area (Å²) in [5.41, 5.74) is 2.09. The maximum atomic E-state index is 12.7. The molecule has 2 aliphatic heterocycles. The van der Waals surface area contributed by atoms with Crippen molar-refractivity contribution in [1.29, 1.82) is 0 Å². The largest absolute Gasteiger partial charge is 0.454 e. The van der Waals surface area contributed by atoms with Crippen molar-refractivity contribution in [2.75, 3.05) is 13.3 Å². The van der Waals surface area contributed by atoms with Gasteiger partial charge < -0.3 is 14.4 Å². The lowest BCUT2D eigenvalue weighted by Crippen LogP contribution is -2.31. The Morgan fingerprint density at radius 2 is 2.12 bits per heavy atom. The lowest BCUT2D eigenvalue weighted by molar-refractivity contribution is -0.132. The van der Waals surface area contributed by atoms with Crippen molar-refractivity contribution in [2.45, 2.75) is 31.7 Å². The van der Waals surface area contributed by atoms with Gasteiger partial charge in [-0.1, -0.05) is 12.1 Å². The van der Waals surface area contributed by atoms with E-state index in [4.69, 9.17) is 9.47 Å². The Morgan fingerprint density at radius 3 is 3.00 bits per heavy atom. The van der Waals surface area contributed by atoms with E-state index >= 15 is 0 Å². The number of likely N-dealkylation sites (tertiary alicyclic amines) is 1. The second-order valence-electron chi connectivity index (χ2n) is 6.19. The summed E-state index contributed by atoms with van der Waals surface area (Å²) in [4.78, 5) is 19.1. The molecule has 0 saturated carbocycles. The van der Waals surface area contributed by atoms with E-state index in [1.807, 2.05) is 41.3 Å². The van der Waals surface area contributed by atoms with E-state index in [2.05, 4.69) is 4.98 Å². The molecule has 0 N–H and O–H groups in total. The summed E-state index contributed by atoms with van der Waals surface area (Å²) < 4.78 is 10.7. The number of benzene rings is 1. The van der Waals surface area contributed by atoms with Crippen LogP contribution in [0.3, 0.4) is 0 Å². The van der Waals surface area contributed by atoms with Gasteiger partial charge in [-0.05, 0) is 49.1 Å². The van der Waals surface area contributed by atoms with Gasteiger partial charge in [-0.3, -0.25) is 9.78 Å². The van der Waals surface area contributed by atoms with Crippen LogP contribution in [-0.4, -0.2) is 29.1 Å². The molecule has 0 spiro atoms. The van der Waals surface area contributed by atoms with Crippen LogP contribution in [0.4, 0.5) is 0 Å². The van der Waals surface area contributed by atoms with Gasteiger partial charge in [-0.15, -0.1) is 0 Å². The van der Waals surface area contributed by atoms with Gasteiger partial charge in [0.05, 0.1) is 11.7 Å². The minimum Gasteiger partial charge on any atom is -0.454 e. The third-order valence-corrected chi connectivity index (χ3v) is 4.67. The average molecular weight is 324 g/mol. The van der Waals surface area contributed by atoms with Gasteiger partial charge >= 0.3 is 0 Å². The summed E-state index contributed by atoms with van der Waals surface area (Å²) in [5.74, 6) is 1.74. The van der Waals surface area contributed by atoms with Crippen LogP contribution in [0, 0.1) is 0 Å². The van der Waals surface area contributed by atoms with Gasteiger partial charge in [0, 0.05) is 19.2 Å². The maximum Gasteiger partial charge on any atom is 0.231 e. The van der Waals surface area contributed by atoms with Crippen LogP contribution in [0.15, 0.2) is 42.6 Å². The third-order valence-electron chi connectivity index (χ3n) is 4.67. The minimum atomic E-state index is 0.121. The number of aryl methyl sites for hydroxylation is 1. The summed E-state index contributed by atoms with van der Waals surface area (Å²) in [7, 11) is 0. The van der Waals surface area contributed by atoms with E-state index < -0.39 is 0 Å². The first-order valence-electron chi connectivity index (χ1n) is 8.40. The van der Waals surface area contributed by atoms with Crippen molar-refractivity contribution in [3.63, 3.8) is 0 Å². The second-order valence-corrected chi connectivity index (χ2v) is 6.19. The summed E-state index contributed by atoms with van der Waals surface area (Å²) in [6, 6.07) is 11.9. The predicted molar refractivity (Wildman–Crippen MR) is 88.8 cm³/mol. The van der Waals surface area contributed by atoms with E-state index in [1.165, 1.54) is 0 Å². The zero-order valence-electron chi connectivity index (χ0n) is 13.5. The molecule has 2 aromatic rings. The Morgan fingerprint density at radius 1 is 1.21 bits per heavy atom. The molecule has 4 rings (SSSR count). The van der Waals surface area contributed by atoms with Crippen LogP contribution in [0.5, 0.6) is 11.5 Å². The molecule has 2 aliphatic rings. The van der Waals surface area contributed by atoms with E-state index in [1.54, 1.807) is 6.20 Å². The Labute approximate surface area is 141 Å². The Hall–Kier alpha value is -2.56. The monoisotopic (exact) mass is 324 g/mol. The summed E-state index contributed by atoms with van der Waals surface area (Å²) in [6.07, 6.45) is 5.04. The highest BCUT2D eigenvalue weighted by Crippen LogP contribution is 2.34. The van der Waals surface area contributed by atoms with Crippen LogP contribution in [0.1, 0.15) is 36.6 Å². The van der Waals surface area contributed by atoms with Crippen molar-refractivity contribution < 1.29 is 14.3 Å². The van der Waals surface area contributed by atoms with Crippen molar-refractivity contribution in [3.8, 4) is 11.5 Å². The zero-order chi connectivity index (χ0) is 16.4. The van der Waals surface area contributed by atoms with E-state index in [-0.39, 0.29) is 18.7 Å². The van der Waals surface area contributed by atoms with Gasteiger partial charge in [-0.25, -0.2) is 0 Å². The topological polar surface area (TPSA) is 51.7 Å². The molecule has 1 aromatic carbocycles. The molecule has 1 amide bonds. The van der Waals surface area contributed by atoms with Gasteiger partial charge in [0.25, 0.3) is 0 Å². The fraction of sp³-hybridized carbons (Fsp3) is 0.368. The third kappa shape index (κ3) is 2.94. The molecule has 0 unspecified atom stereocenters. The molecule has 1 fully saturated rings. The number of carbonyl (C=O) groups excluding carboxylic acids is 1. The number of carbonyl (C=O) groups is 1. The van der Waals surface area contributed by atoms with Crippen molar-refractivity contribution >= 4 is 5.91 Å². The van der Waals surface area contributed by atoms with Gasteiger partial charge in [0.1, 0.15) is 0 Å². The molecule has 0 aliphatic carbocycles. The van der Waals surface area contributed by atoms with Crippen LogP contribution in [0.2, 0.25) is 0 Å². The molecule has 5 heteroatoms. The molecule has 3 heterocycles. The Kier molecular flexibility index (Phi) is 4.07. The fourth-order valence-corrected chi connectivity index (χ4v) is 3.44. The number of pyridine rings is 1. The number of hydrogen-bond donors (Lipinski definition) is 0. The van der Waals surface area contributed by atoms with Crippen molar-refractivity contribution in [1.82, 2.24) is 9.88 Å². The molecular weight excluding hydrogens is 304 g/mol. The zero-order valence-corrected chi connectivity index (χ0v) is 13.5. The molecule has 1 saturated heterocycles. The molecular formula is C19H20N2O3. The molecule has 24 heavy (non-hydrogen) atoms. The normalized spacial score (nSPS) is 18.8. The van der Waals surface area contributed by atoms with Crippen molar-refractivity contribution in [3.05, 3.63) is 53.9 Å². The molecule has 0 bridgehead atoms. The van der Waals surface area contributed by atoms with E-state index in [0.29, 0.717) is 12.8 Å². The molecule has 124 valence electrons. The SMILES string of the molecule is O=C(CCc1ccc2c(c1)OCO2)N1CCC[C@@H]1c1ccccn1. The first-order valence-corrected chi connectivity index (χ1v) is 8.40. The number of aromatic nitrogens is 1. The number of rotatable bonds is 4. The Bertz CT molecular complexity index is 733. The van der Waals surface area contributed by atoms with Crippen molar-refractivity contribution in [2.24, 2.45) is 0 Å². The lowest BCUT2D eigenvalue weighted by atomic mass is 10.1. The summed E-state index contributed by atoms with van der Waals surface area (Å²) in [5, 5.41) is 0. The van der Waals surface area contributed by atoms with Gasteiger partial charge in [-0.2, -0.15) is 0 Å². The number of nitrogens with zero attached hydrogens (tertiary/aromatic N) is 2. The predicted octanol–water partition coefficient (Wildman–Crippen LogP) is 3.11. The summed E-state index contributed by atoms with van der Waals surface area (Å²) >= 11 is 0. The van der Waals surface area contributed by atoms with E-state index in [9.17, 15) is 4.79 Å². The maximum absolute atomic E-state index is 12.7.